The first-order valence-corrected chi connectivity index (χ1v) is 8.11. The van der Waals surface area contributed by atoms with Crippen LogP contribution >= 0.6 is 11.3 Å². The lowest BCUT2D eigenvalue weighted by atomic mass is 9.97. The van der Waals surface area contributed by atoms with Gasteiger partial charge in [0.2, 0.25) is 0 Å². The number of nitrogens with two attached hydrogens (primary N) is 1. The SMILES string of the molecule is NC(=O)c1ccc(C(=O)N2CCC(Cn3cccn3)CC2)s1. The van der Waals surface area contributed by atoms with E-state index in [4.69, 9.17) is 5.73 Å². The second-order valence-corrected chi connectivity index (χ2v) is 6.58. The number of rotatable bonds is 4. The highest BCUT2D eigenvalue weighted by Crippen LogP contribution is 2.23. The van der Waals surface area contributed by atoms with Gasteiger partial charge < -0.3 is 10.6 Å². The highest BCUT2D eigenvalue weighted by Gasteiger charge is 2.25. The van der Waals surface area contributed by atoms with Crippen molar-refractivity contribution in [2.24, 2.45) is 11.7 Å². The second kappa shape index (κ2) is 6.31. The molecular weight excluding hydrogens is 300 g/mol. The van der Waals surface area contributed by atoms with Gasteiger partial charge in [-0.2, -0.15) is 5.10 Å². The van der Waals surface area contributed by atoms with Crippen LogP contribution in [0.1, 0.15) is 32.2 Å². The maximum atomic E-state index is 12.4. The van der Waals surface area contributed by atoms with Gasteiger partial charge in [0, 0.05) is 32.0 Å². The van der Waals surface area contributed by atoms with Crippen molar-refractivity contribution < 1.29 is 9.59 Å². The van der Waals surface area contributed by atoms with Gasteiger partial charge in [-0.05, 0) is 37.0 Å². The molecule has 3 heterocycles. The molecule has 2 aromatic heterocycles. The van der Waals surface area contributed by atoms with Crippen LogP contribution in [0.15, 0.2) is 30.6 Å². The predicted molar refractivity (Wildman–Crippen MR) is 83.7 cm³/mol. The number of hydrogen-bond acceptors (Lipinski definition) is 4. The average molecular weight is 318 g/mol. The zero-order valence-electron chi connectivity index (χ0n) is 12.1. The van der Waals surface area contributed by atoms with Gasteiger partial charge in [-0.25, -0.2) is 0 Å². The van der Waals surface area contributed by atoms with Crippen LogP contribution in [-0.2, 0) is 6.54 Å². The molecule has 2 N–H and O–H groups in total. The Bertz CT molecular complexity index is 657. The molecule has 22 heavy (non-hydrogen) atoms. The Kier molecular flexibility index (Phi) is 4.24. The number of piperidine rings is 1. The molecule has 3 rings (SSSR count). The molecule has 0 saturated carbocycles. The first kappa shape index (κ1) is 14.8. The first-order valence-electron chi connectivity index (χ1n) is 7.30. The van der Waals surface area contributed by atoms with Crippen molar-refractivity contribution in [3.63, 3.8) is 0 Å². The highest BCUT2D eigenvalue weighted by molar-refractivity contribution is 7.15. The van der Waals surface area contributed by atoms with Crippen molar-refractivity contribution in [3.05, 3.63) is 40.3 Å². The summed E-state index contributed by atoms with van der Waals surface area (Å²) >= 11 is 1.17. The number of amides is 2. The number of nitrogens with zero attached hydrogens (tertiary/aromatic N) is 3. The van der Waals surface area contributed by atoms with E-state index in [-0.39, 0.29) is 5.91 Å². The number of carbonyl (C=O) groups is 2. The number of likely N-dealkylation sites (tertiary alicyclic amines) is 1. The lowest BCUT2D eigenvalue weighted by Crippen LogP contribution is -2.39. The predicted octanol–water partition coefficient (Wildman–Crippen LogP) is 1.60. The molecule has 7 heteroatoms. The van der Waals surface area contributed by atoms with E-state index in [0.717, 1.165) is 32.5 Å². The lowest BCUT2D eigenvalue weighted by Gasteiger charge is -2.31. The van der Waals surface area contributed by atoms with E-state index in [2.05, 4.69) is 5.10 Å². The Balaban J connectivity index is 1.56. The topological polar surface area (TPSA) is 81.2 Å². The van der Waals surface area contributed by atoms with Crippen molar-refractivity contribution in [2.45, 2.75) is 19.4 Å². The first-order chi connectivity index (χ1) is 10.6. The van der Waals surface area contributed by atoms with Gasteiger partial charge in [0.15, 0.2) is 0 Å². The quantitative estimate of drug-likeness (QED) is 0.929. The summed E-state index contributed by atoms with van der Waals surface area (Å²) in [5, 5.41) is 4.23. The summed E-state index contributed by atoms with van der Waals surface area (Å²) in [7, 11) is 0. The third-order valence-electron chi connectivity index (χ3n) is 3.97. The van der Waals surface area contributed by atoms with Crippen molar-refractivity contribution in [2.75, 3.05) is 13.1 Å². The third-order valence-corrected chi connectivity index (χ3v) is 5.05. The summed E-state index contributed by atoms with van der Waals surface area (Å²) in [4.78, 5) is 26.4. The highest BCUT2D eigenvalue weighted by atomic mass is 32.1. The molecule has 0 unspecified atom stereocenters. The van der Waals surface area contributed by atoms with Gasteiger partial charge in [-0.1, -0.05) is 0 Å². The number of aromatic nitrogens is 2. The van der Waals surface area contributed by atoms with E-state index in [0.29, 0.717) is 15.7 Å². The Morgan fingerprint density at radius 3 is 2.59 bits per heavy atom. The summed E-state index contributed by atoms with van der Waals surface area (Å²) in [6, 6.07) is 5.22. The van der Waals surface area contributed by atoms with E-state index in [1.165, 1.54) is 11.3 Å². The third kappa shape index (κ3) is 3.19. The molecule has 1 aliphatic rings. The molecule has 2 amide bonds. The van der Waals surface area contributed by atoms with Crippen LogP contribution in [0.2, 0.25) is 0 Å². The molecule has 0 spiro atoms. The molecular formula is C15H18N4O2S. The van der Waals surface area contributed by atoms with Crippen LogP contribution in [0.25, 0.3) is 0 Å². The van der Waals surface area contributed by atoms with E-state index >= 15 is 0 Å². The smallest absolute Gasteiger partial charge is 0.263 e. The summed E-state index contributed by atoms with van der Waals surface area (Å²) in [5.41, 5.74) is 5.23. The minimum Gasteiger partial charge on any atom is -0.365 e. The summed E-state index contributed by atoms with van der Waals surface area (Å²) in [6.45, 7) is 2.39. The fourth-order valence-electron chi connectivity index (χ4n) is 2.73. The fourth-order valence-corrected chi connectivity index (χ4v) is 3.56. The van der Waals surface area contributed by atoms with Gasteiger partial charge in [0.25, 0.3) is 11.8 Å². The second-order valence-electron chi connectivity index (χ2n) is 5.49. The average Bonchev–Trinajstić information content (AvgIpc) is 3.18. The van der Waals surface area contributed by atoms with E-state index < -0.39 is 5.91 Å². The molecule has 1 aliphatic heterocycles. The Morgan fingerprint density at radius 1 is 1.27 bits per heavy atom. The molecule has 1 fully saturated rings. The zero-order chi connectivity index (χ0) is 15.5. The summed E-state index contributed by atoms with van der Waals surface area (Å²) < 4.78 is 1.94. The minimum absolute atomic E-state index is 0.00459. The maximum Gasteiger partial charge on any atom is 0.263 e. The summed E-state index contributed by atoms with van der Waals surface area (Å²) in [5.74, 6) is 0.0606. The van der Waals surface area contributed by atoms with Crippen molar-refractivity contribution in [1.29, 1.82) is 0 Å². The van der Waals surface area contributed by atoms with Crippen LogP contribution in [-0.4, -0.2) is 39.6 Å². The standard InChI is InChI=1S/C15H18N4O2S/c16-14(20)12-2-3-13(22-12)15(21)18-8-4-11(5-9-18)10-19-7-1-6-17-19/h1-3,6-7,11H,4-5,8-10H2,(H2,16,20). The molecule has 2 aromatic rings. The van der Waals surface area contributed by atoms with Crippen LogP contribution in [0, 0.1) is 5.92 Å². The Morgan fingerprint density at radius 2 is 2.00 bits per heavy atom. The fraction of sp³-hybridized carbons (Fsp3) is 0.400. The lowest BCUT2D eigenvalue weighted by molar-refractivity contribution is 0.0686. The van der Waals surface area contributed by atoms with Gasteiger partial charge in [0.1, 0.15) is 0 Å². The van der Waals surface area contributed by atoms with E-state index in [9.17, 15) is 9.59 Å². The molecule has 116 valence electrons. The number of primary amides is 1. The van der Waals surface area contributed by atoms with E-state index in [1.807, 2.05) is 21.8 Å². The minimum atomic E-state index is -0.484. The molecule has 0 aliphatic carbocycles. The summed E-state index contributed by atoms with van der Waals surface area (Å²) in [6.07, 6.45) is 5.69. The number of carbonyl (C=O) groups excluding carboxylic acids is 2. The Labute approximate surface area is 132 Å². The number of hydrogen-bond donors (Lipinski definition) is 1. The van der Waals surface area contributed by atoms with E-state index in [1.54, 1.807) is 18.3 Å². The van der Waals surface area contributed by atoms with Crippen molar-refractivity contribution >= 4 is 23.2 Å². The van der Waals surface area contributed by atoms with Gasteiger partial charge in [0.05, 0.1) is 9.75 Å². The molecule has 6 nitrogen and oxygen atoms in total. The van der Waals surface area contributed by atoms with Gasteiger partial charge >= 0.3 is 0 Å². The normalized spacial score (nSPS) is 15.9. The molecule has 0 bridgehead atoms. The van der Waals surface area contributed by atoms with Crippen LogP contribution in [0.5, 0.6) is 0 Å². The molecule has 0 atom stereocenters. The van der Waals surface area contributed by atoms with Crippen molar-refractivity contribution in [3.8, 4) is 0 Å². The molecule has 0 radical (unpaired) electrons. The van der Waals surface area contributed by atoms with Gasteiger partial charge in [-0.3, -0.25) is 14.3 Å². The van der Waals surface area contributed by atoms with Crippen LogP contribution in [0.3, 0.4) is 0 Å². The van der Waals surface area contributed by atoms with Crippen LogP contribution < -0.4 is 5.73 Å². The van der Waals surface area contributed by atoms with Crippen molar-refractivity contribution in [1.82, 2.24) is 14.7 Å². The number of thiophene rings is 1. The Hall–Kier alpha value is -2.15. The zero-order valence-corrected chi connectivity index (χ0v) is 13.0. The maximum absolute atomic E-state index is 12.4. The largest absolute Gasteiger partial charge is 0.365 e. The monoisotopic (exact) mass is 318 g/mol. The van der Waals surface area contributed by atoms with Crippen LogP contribution in [0.4, 0.5) is 0 Å². The molecule has 1 saturated heterocycles. The molecule has 0 aromatic carbocycles. The van der Waals surface area contributed by atoms with Gasteiger partial charge in [-0.15, -0.1) is 11.3 Å².